The van der Waals surface area contributed by atoms with Gasteiger partial charge in [0.2, 0.25) is 0 Å². The summed E-state index contributed by atoms with van der Waals surface area (Å²) in [6.07, 6.45) is 8.55. The van der Waals surface area contributed by atoms with Crippen molar-refractivity contribution in [2.45, 2.75) is 65.3 Å². The number of hydrogen-bond donors (Lipinski definition) is 1. The molecule has 1 aliphatic rings. The fraction of sp³-hybridized carbons (Fsp3) is 1.00. The molecule has 1 N–H and O–H groups in total. The zero-order chi connectivity index (χ0) is 13.4. The molecule has 1 fully saturated rings. The fourth-order valence-corrected chi connectivity index (χ4v) is 3.08. The quantitative estimate of drug-likeness (QED) is 0.713. The van der Waals surface area contributed by atoms with Gasteiger partial charge in [-0.15, -0.1) is 0 Å². The van der Waals surface area contributed by atoms with Crippen molar-refractivity contribution in [2.75, 3.05) is 26.7 Å². The molecule has 0 amide bonds. The lowest BCUT2D eigenvalue weighted by atomic mass is 9.83. The minimum Gasteiger partial charge on any atom is -0.313 e. The van der Waals surface area contributed by atoms with Crippen LogP contribution in [0.4, 0.5) is 0 Å². The Morgan fingerprint density at radius 3 is 2.39 bits per heavy atom. The maximum Gasteiger partial charge on any atom is 0.0222 e. The van der Waals surface area contributed by atoms with Crippen LogP contribution in [-0.4, -0.2) is 37.6 Å². The van der Waals surface area contributed by atoms with Gasteiger partial charge in [0, 0.05) is 12.6 Å². The van der Waals surface area contributed by atoms with Gasteiger partial charge in [0.05, 0.1) is 0 Å². The van der Waals surface area contributed by atoms with Crippen molar-refractivity contribution in [2.24, 2.45) is 11.8 Å². The van der Waals surface area contributed by atoms with Crippen molar-refractivity contribution in [3.05, 3.63) is 0 Å². The Morgan fingerprint density at radius 2 is 1.83 bits per heavy atom. The number of nitrogens with zero attached hydrogens (tertiary/aromatic N) is 1. The minimum absolute atomic E-state index is 0.715. The molecule has 2 nitrogen and oxygen atoms in total. The number of nitrogens with one attached hydrogen (secondary N) is 1. The van der Waals surface area contributed by atoms with Crippen LogP contribution >= 0.6 is 0 Å². The zero-order valence-electron chi connectivity index (χ0n) is 13.0. The van der Waals surface area contributed by atoms with E-state index in [0.717, 1.165) is 18.4 Å². The Kier molecular flexibility index (Phi) is 7.92. The Balaban J connectivity index is 2.35. The third-order valence-corrected chi connectivity index (χ3v) is 4.28. The van der Waals surface area contributed by atoms with Gasteiger partial charge in [-0.25, -0.2) is 0 Å². The van der Waals surface area contributed by atoms with E-state index in [1.165, 1.54) is 51.6 Å². The van der Waals surface area contributed by atoms with Crippen LogP contribution in [0.1, 0.15) is 59.3 Å². The lowest BCUT2D eigenvalue weighted by Gasteiger charge is -2.34. The van der Waals surface area contributed by atoms with Gasteiger partial charge < -0.3 is 10.2 Å². The monoisotopic (exact) mass is 254 g/mol. The largest absolute Gasteiger partial charge is 0.313 e. The van der Waals surface area contributed by atoms with Gasteiger partial charge in [0.15, 0.2) is 0 Å². The van der Waals surface area contributed by atoms with E-state index in [2.05, 4.69) is 38.0 Å². The van der Waals surface area contributed by atoms with Crippen LogP contribution in [0, 0.1) is 11.8 Å². The van der Waals surface area contributed by atoms with Crippen LogP contribution < -0.4 is 5.32 Å². The highest BCUT2D eigenvalue weighted by molar-refractivity contribution is 4.81. The van der Waals surface area contributed by atoms with E-state index in [1.807, 2.05) is 0 Å². The SMILES string of the molecule is CCNC(CN(C)CCC(C)C)C1CCCCC1. The molecule has 0 aromatic rings. The normalized spacial score (nSPS) is 19.7. The summed E-state index contributed by atoms with van der Waals surface area (Å²) in [4.78, 5) is 2.53. The molecule has 18 heavy (non-hydrogen) atoms. The third kappa shape index (κ3) is 6.19. The van der Waals surface area contributed by atoms with Gasteiger partial charge in [0.1, 0.15) is 0 Å². The molecular formula is C16H34N2. The average molecular weight is 254 g/mol. The highest BCUT2D eigenvalue weighted by Gasteiger charge is 2.23. The molecule has 1 unspecified atom stereocenters. The first kappa shape index (κ1) is 16.0. The first-order valence-electron chi connectivity index (χ1n) is 8.05. The van der Waals surface area contributed by atoms with Gasteiger partial charge in [-0.05, 0) is 51.2 Å². The highest BCUT2D eigenvalue weighted by atomic mass is 15.1. The maximum absolute atomic E-state index is 3.73. The van der Waals surface area contributed by atoms with Crippen LogP contribution in [0.3, 0.4) is 0 Å². The van der Waals surface area contributed by atoms with E-state index in [4.69, 9.17) is 0 Å². The molecule has 0 aliphatic heterocycles. The summed E-state index contributed by atoms with van der Waals surface area (Å²) in [5.74, 6) is 1.74. The summed E-state index contributed by atoms with van der Waals surface area (Å²) < 4.78 is 0. The topological polar surface area (TPSA) is 15.3 Å². The second kappa shape index (κ2) is 8.92. The van der Waals surface area contributed by atoms with Crippen LogP contribution in [0.2, 0.25) is 0 Å². The van der Waals surface area contributed by atoms with E-state index in [0.29, 0.717) is 6.04 Å². The van der Waals surface area contributed by atoms with Crippen molar-refractivity contribution >= 4 is 0 Å². The molecule has 1 saturated carbocycles. The summed E-state index contributed by atoms with van der Waals surface area (Å²) in [5, 5.41) is 3.73. The van der Waals surface area contributed by atoms with Gasteiger partial charge in [-0.2, -0.15) is 0 Å². The predicted octanol–water partition coefficient (Wildman–Crippen LogP) is 3.52. The molecule has 0 aromatic carbocycles. The molecule has 0 bridgehead atoms. The molecule has 0 saturated heterocycles. The summed E-state index contributed by atoms with van der Waals surface area (Å²) in [5.41, 5.74) is 0. The second-order valence-corrected chi connectivity index (χ2v) is 6.51. The maximum atomic E-state index is 3.73. The highest BCUT2D eigenvalue weighted by Crippen LogP contribution is 2.26. The Hall–Kier alpha value is -0.0800. The molecule has 0 spiro atoms. The molecule has 2 heteroatoms. The van der Waals surface area contributed by atoms with Crippen LogP contribution in [-0.2, 0) is 0 Å². The Morgan fingerprint density at radius 1 is 1.17 bits per heavy atom. The van der Waals surface area contributed by atoms with E-state index < -0.39 is 0 Å². The molecule has 1 rings (SSSR count). The van der Waals surface area contributed by atoms with E-state index in [-0.39, 0.29) is 0 Å². The molecule has 0 heterocycles. The van der Waals surface area contributed by atoms with Crippen LogP contribution in [0.25, 0.3) is 0 Å². The summed E-state index contributed by atoms with van der Waals surface area (Å²) in [6, 6.07) is 0.715. The summed E-state index contributed by atoms with van der Waals surface area (Å²) in [7, 11) is 2.29. The molecule has 108 valence electrons. The van der Waals surface area contributed by atoms with E-state index in [1.54, 1.807) is 0 Å². The van der Waals surface area contributed by atoms with Crippen LogP contribution in [0.15, 0.2) is 0 Å². The predicted molar refractivity (Wildman–Crippen MR) is 81.0 cm³/mol. The second-order valence-electron chi connectivity index (χ2n) is 6.51. The zero-order valence-corrected chi connectivity index (χ0v) is 13.0. The lowest BCUT2D eigenvalue weighted by molar-refractivity contribution is 0.201. The Labute approximate surface area is 115 Å². The van der Waals surface area contributed by atoms with Crippen LogP contribution in [0.5, 0.6) is 0 Å². The van der Waals surface area contributed by atoms with Crippen molar-refractivity contribution in [1.82, 2.24) is 10.2 Å². The Bertz CT molecular complexity index is 197. The molecule has 1 aliphatic carbocycles. The number of likely N-dealkylation sites (N-methyl/N-ethyl adjacent to an activating group) is 2. The lowest BCUT2D eigenvalue weighted by Crippen LogP contribution is -2.45. The number of hydrogen-bond acceptors (Lipinski definition) is 2. The summed E-state index contributed by atoms with van der Waals surface area (Å²) >= 11 is 0. The van der Waals surface area contributed by atoms with Gasteiger partial charge in [-0.1, -0.05) is 40.0 Å². The van der Waals surface area contributed by atoms with E-state index in [9.17, 15) is 0 Å². The molecule has 1 atom stereocenters. The molecular weight excluding hydrogens is 220 g/mol. The third-order valence-electron chi connectivity index (χ3n) is 4.28. The van der Waals surface area contributed by atoms with Crippen molar-refractivity contribution in [1.29, 1.82) is 0 Å². The van der Waals surface area contributed by atoms with Gasteiger partial charge >= 0.3 is 0 Å². The standard InChI is InChI=1S/C16H34N2/c1-5-17-16(15-9-7-6-8-10-15)13-18(4)12-11-14(2)3/h14-17H,5-13H2,1-4H3. The van der Waals surface area contributed by atoms with Crippen molar-refractivity contribution < 1.29 is 0 Å². The average Bonchev–Trinajstić information content (AvgIpc) is 2.37. The summed E-state index contributed by atoms with van der Waals surface area (Å²) in [6.45, 7) is 10.5. The molecule has 0 aromatic heterocycles. The first-order chi connectivity index (χ1) is 8.63. The fourth-order valence-electron chi connectivity index (χ4n) is 3.08. The molecule has 0 radical (unpaired) electrons. The smallest absolute Gasteiger partial charge is 0.0222 e. The van der Waals surface area contributed by atoms with Crippen molar-refractivity contribution in [3.63, 3.8) is 0 Å². The first-order valence-corrected chi connectivity index (χ1v) is 8.05. The number of rotatable bonds is 8. The van der Waals surface area contributed by atoms with Gasteiger partial charge in [-0.3, -0.25) is 0 Å². The minimum atomic E-state index is 0.715. The van der Waals surface area contributed by atoms with E-state index >= 15 is 0 Å². The van der Waals surface area contributed by atoms with Crippen molar-refractivity contribution in [3.8, 4) is 0 Å². The van der Waals surface area contributed by atoms with Gasteiger partial charge in [0.25, 0.3) is 0 Å².